The van der Waals surface area contributed by atoms with Gasteiger partial charge in [-0.3, -0.25) is 0 Å². The SMILES string of the molecule is COc1ccc(NC(=O)NC2(C)CCNC2)cc1. The molecule has 1 aromatic carbocycles. The third-order valence-electron chi connectivity index (χ3n) is 3.13. The summed E-state index contributed by atoms with van der Waals surface area (Å²) >= 11 is 0. The fourth-order valence-electron chi connectivity index (χ4n) is 2.03. The molecule has 1 aliphatic rings. The Bertz CT molecular complexity index is 411. The normalized spacial score (nSPS) is 22.6. The van der Waals surface area contributed by atoms with Gasteiger partial charge in [-0.25, -0.2) is 4.79 Å². The van der Waals surface area contributed by atoms with Crippen LogP contribution in [0.25, 0.3) is 0 Å². The summed E-state index contributed by atoms with van der Waals surface area (Å²) in [5.74, 6) is 0.771. The van der Waals surface area contributed by atoms with Gasteiger partial charge in [0.05, 0.1) is 12.6 Å². The van der Waals surface area contributed by atoms with E-state index in [9.17, 15) is 4.79 Å². The fourth-order valence-corrected chi connectivity index (χ4v) is 2.03. The summed E-state index contributed by atoms with van der Waals surface area (Å²) in [6.45, 7) is 3.79. The van der Waals surface area contributed by atoms with Gasteiger partial charge in [-0.15, -0.1) is 0 Å². The topological polar surface area (TPSA) is 62.4 Å². The zero-order valence-electron chi connectivity index (χ0n) is 10.7. The summed E-state index contributed by atoms with van der Waals surface area (Å²) in [5, 5.41) is 9.04. The van der Waals surface area contributed by atoms with Crippen molar-refractivity contribution in [2.45, 2.75) is 18.9 Å². The molecule has 1 saturated heterocycles. The number of ether oxygens (including phenoxy) is 1. The lowest BCUT2D eigenvalue weighted by molar-refractivity contribution is 0.241. The van der Waals surface area contributed by atoms with E-state index in [2.05, 4.69) is 16.0 Å². The standard InChI is InChI=1S/C13H19N3O2/c1-13(7-8-14-9-13)16-12(17)15-10-3-5-11(18-2)6-4-10/h3-6,14H,7-9H2,1-2H3,(H2,15,16,17). The van der Waals surface area contributed by atoms with Crippen molar-refractivity contribution < 1.29 is 9.53 Å². The Morgan fingerprint density at radius 2 is 2.11 bits per heavy atom. The highest BCUT2D eigenvalue weighted by Gasteiger charge is 2.29. The van der Waals surface area contributed by atoms with Crippen LogP contribution in [-0.4, -0.2) is 31.8 Å². The summed E-state index contributed by atoms with van der Waals surface area (Å²) < 4.78 is 5.06. The molecule has 0 bridgehead atoms. The number of anilines is 1. The van der Waals surface area contributed by atoms with Crippen molar-refractivity contribution in [1.29, 1.82) is 0 Å². The highest BCUT2D eigenvalue weighted by Crippen LogP contribution is 2.16. The van der Waals surface area contributed by atoms with E-state index in [1.165, 1.54) is 0 Å². The molecule has 1 heterocycles. The van der Waals surface area contributed by atoms with Crippen LogP contribution in [0.2, 0.25) is 0 Å². The molecule has 5 heteroatoms. The number of carbonyl (C=O) groups is 1. The molecule has 0 aliphatic carbocycles. The summed E-state index contributed by atoms with van der Waals surface area (Å²) in [4.78, 5) is 11.8. The maximum Gasteiger partial charge on any atom is 0.319 e. The maximum atomic E-state index is 11.8. The Kier molecular flexibility index (Phi) is 3.72. The van der Waals surface area contributed by atoms with Crippen LogP contribution in [-0.2, 0) is 0 Å². The molecule has 5 nitrogen and oxygen atoms in total. The van der Waals surface area contributed by atoms with Gasteiger partial charge in [0, 0.05) is 12.2 Å². The molecule has 0 radical (unpaired) electrons. The number of methoxy groups -OCH3 is 1. The highest BCUT2D eigenvalue weighted by molar-refractivity contribution is 5.89. The van der Waals surface area contributed by atoms with Crippen molar-refractivity contribution >= 4 is 11.7 Å². The Morgan fingerprint density at radius 1 is 1.39 bits per heavy atom. The van der Waals surface area contributed by atoms with E-state index < -0.39 is 0 Å². The van der Waals surface area contributed by atoms with E-state index in [4.69, 9.17) is 4.74 Å². The largest absolute Gasteiger partial charge is 0.497 e. The van der Waals surface area contributed by atoms with Crippen LogP contribution in [0.4, 0.5) is 10.5 Å². The lowest BCUT2D eigenvalue weighted by Gasteiger charge is -2.24. The van der Waals surface area contributed by atoms with Gasteiger partial charge in [0.15, 0.2) is 0 Å². The molecule has 0 saturated carbocycles. The molecule has 3 N–H and O–H groups in total. The molecule has 1 fully saturated rings. The van der Waals surface area contributed by atoms with Crippen LogP contribution in [0.3, 0.4) is 0 Å². The number of nitrogens with one attached hydrogen (secondary N) is 3. The predicted octanol–water partition coefficient (Wildman–Crippen LogP) is 1.57. The molecule has 0 aromatic heterocycles. The molecule has 1 aromatic rings. The van der Waals surface area contributed by atoms with Crippen LogP contribution < -0.4 is 20.7 Å². The Hall–Kier alpha value is -1.75. The van der Waals surface area contributed by atoms with Gasteiger partial charge >= 0.3 is 6.03 Å². The molecule has 2 rings (SSSR count). The van der Waals surface area contributed by atoms with Gasteiger partial charge < -0.3 is 20.7 Å². The molecule has 1 aliphatic heterocycles. The minimum atomic E-state index is -0.175. The van der Waals surface area contributed by atoms with Crippen LogP contribution in [0.5, 0.6) is 5.75 Å². The van der Waals surface area contributed by atoms with Crippen molar-refractivity contribution in [3.63, 3.8) is 0 Å². The van der Waals surface area contributed by atoms with Gasteiger partial charge in [-0.1, -0.05) is 0 Å². The van der Waals surface area contributed by atoms with Gasteiger partial charge in [-0.2, -0.15) is 0 Å². The second kappa shape index (κ2) is 5.27. The number of amides is 2. The molecule has 2 amide bonds. The van der Waals surface area contributed by atoms with E-state index in [1.807, 2.05) is 31.2 Å². The second-order valence-corrected chi connectivity index (χ2v) is 4.80. The predicted molar refractivity (Wildman–Crippen MR) is 71.0 cm³/mol. The second-order valence-electron chi connectivity index (χ2n) is 4.80. The molecular weight excluding hydrogens is 230 g/mol. The van der Waals surface area contributed by atoms with Crippen molar-refractivity contribution in [3.05, 3.63) is 24.3 Å². The first kappa shape index (κ1) is 12.7. The first-order valence-electron chi connectivity index (χ1n) is 6.05. The van der Waals surface area contributed by atoms with Crippen molar-refractivity contribution in [2.75, 3.05) is 25.5 Å². The number of rotatable bonds is 3. The number of carbonyl (C=O) groups excluding carboxylic acids is 1. The van der Waals surface area contributed by atoms with Crippen LogP contribution >= 0.6 is 0 Å². The molecule has 18 heavy (non-hydrogen) atoms. The highest BCUT2D eigenvalue weighted by atomic mass is 16.5. The van der Waals surface area contributed by atoms with Gasteiger partial charge in [0.2, 0.25) is 0 Å². The van der Waals surface area contributed by atoms with E-state index in [-0.39, 0.29) is 11.6 Å². The first-order chi connectivity index (χ1) is 8.61. The minimum Gasteiger partial charge on any atom is -0.497 e. The number of hydrogen-bond acceptors (Lipinski definition) is 3. The molecule has 1 atom stereocenters. The summed E-state index contributed by atoms with van der Waals surface area (Å²) in [7, 11) is 1.61. The Labute approximate surface area is 107 Å². The third-order valence-corrected chi connectivity index (χ3v) is 3.13. The van der Waals surface area contributed by atoms with Crippen LogP contribution in [0.1, 0.15) is 13.3 Å². The van der Waals surface area contributed by atoms with E-state index >= 15 is 0 Å². The Balaban J connectivity index is 1.90. The molecule has 98 valence electrons. The molecule has 0 spiro atoms. The van der Waals surface area contributed by atoms with Gasteiger partial charge in [-0.05, 0) is 44.2 Å². The fraction of sp³-hybridized carbons (Fsp3) is 0.462. The third kappa shape index (κ3) is 3.13. The molecule has 1 unspecified atom stereocenters. The average Bonchev–Trinajstić information content (AvgIpc) is 2.76. The number of benzene rings is 1. The average molecular weight is 249 g/mol. The smallest absolute Gasteiger partial charge is 0.319 e. The minimum absolute atomic E-state index is 0.156. The summed E-state index contributed by atoms with van der Waals surface area (Å²) in [6, 6.07) is 7.08. The molecular formula is C13H19N3O2. The first-order valence-corrected chi connectivity index (χ1v) is 6.05. The van der Waals surface area contributed by atoms with Crippen molar-refractivity contribution in [2.24, 2.45) is 0 Å². The van der Waals surface area contributed by atoms with Crippen LogP contribution in [0.15, 0.2) is 24.3 Å². The van der Waals surface area contributed by atoms with E-state index in [0.717, 1.165) is 30.9 Å². The van der Waals surface area contributed by atoms with Gasteiger partial charge in [0.1, 0.15) is 5.75 Å². The quantitative estimate of drug-likeness (QED) is 0.762. The van der Waals surface area contributed by atoms with Crippen molar-refractivity contribution in [3.8, 4) is 5.75 Å². The van der Waals surface area contributed by atoms with Gasteiger partial charge in [0.25, 0.3) is 0 Å². The van der Waals surface area contributed by atoms with Crippen LogP contribution in [0, 0.1) is 0 Å². The van der Waals surface area contributed by atoms with E-state index in [0.29, 0.717) is 0 Å². The Morgan fingerprint density at radius 3 is 2.67 bits per heavy atom. The van der Waals surface area contributed by atoms with Crippen molar-refractivity contribution in [1.82, 2.24) is 10.6 Å². The number of urea groups is 1. The number of hydrogen-bond donors (Lipinski definition) is 3. The monoisotopic (exact) mass is 249 g/mol. The maximum absolute atomic E-state index is 11.8. The summed E-state index contributed by atoms with van der Waals surface area (Å²) in [6.07, 6.45) is 0.947. The summed E-state index contributed by atoms with van der Waals surface area (Å²) in [5.41, 5.74) is 0.596. The lowest BCUT2D eigenvalue weighted by Crippen LogP contribution is -2.49. The van der Waals surface area contributed by atoms with E-state index in [1.54, 1.807) is 7.11 Å². The zero-order valence-corrected chi connectivity index (χ0v) is 10.7. The zero-order chi connectivity index (χ0) is 13.0. The lowest BCUT2D eigenvalue weighted by atomic mass is 10.0.